The first-order chi connectivity index (χ1) is 21.0. The Hall–Kier alpha value is -5.11. The van der Waals surface area contributed by atoms with Crippen molar-refractivity contribution in [3.05, 3.63) is 76.6 Å². The van der Waals surface area contributed by atoms with Gasteiger partial charge in [-0.15, -0.1) is 0 Å². The van der Waals surface area contributed by atoms with Crippen LogP contribution in [0.25, 0.3) is 0 Å². The summed E-state index contributed by atoms with van der Waals surface area (Å²) in [5.74, 6) is -1.65. The fraction of sp³-hybridized carbons (Fsp3) is 0.310. The fourth-order valence-corrected chi connectivity index (χ4v) is 5.57. The maximum Gasteiger partial charge on any atom is 0.412 e. The monoisotopic (exact) mass is 623 g/mol. The van der Waals surface area contributed by atoms with Crippen LogP contribution in [0.1, 0.15) is 40.9 Å². The summed E-state index contributed by atoms with van der Waals surface area (Å²) in [7, 11) is 1.73. The molecule has 0 bridgehead atoms. The number of nitrogens with zero attached hydrogens (tertiary/aromatic N) is 3. The average Bonchev–Trinajstić information content (AvgIpc) is 3.40. The number of carbonyl (C=O) groups excluding carboxylic acids is 4. The first-order valence-corrected chi connectivity index (χ1v) is 14.1. The molecule has 2 aliphatic heterocycles. The minimum Gasteiger partial charge on any atom is -0.465 e. The van der Waals surface area contributed by atoms with Crippen molar-refractivity contribution in [3.63, 3.8) is 0 Å². The molecule has 0 radical (unpaired) electrons. The molecular weight excluding hydrogens is 594 g/mol. The Morgan fingerprint density at radius 2 is 1.93 bits per heavy atom. The second-order valence-electron chi connectivity index (χ2n) is 10.5. The number of ether oxygens (including phenoxy) is 1. The topological polar surface area (TPSA) is 184 Å². The number of carbonyl (C=O) groups is 5. The van der Waals surface area contributed by atoms with E-state index in [1.165, 1.54) is 29.2 Å². The Bertz CT molecular complexity index is 1610. The van der Waals surface area contributed by atoms with E-state index in [0.717, 1.165) is 5.69 Å². The molecule has 3 heterocycles. The van der Waals surface area contributed by atoms with Crippen LogP contribution in [-0.4, -0.2) is 68.8 Å². The van der Waals surface area contributed by atoms with Crippen LogP contribution in [0.15, 0.2) is 54.7 Å². The van der Waals surface area contributed by atoms with Gasteiger partial charge in [-0.2, -0.15) is 5.10 Å². The zero-order valence-electron chi connectivity index (χ0n) is 23.6. The average molecular weight is 624 g/mol. The van der Waals surface area contributed by atoms with Gasteiger partial charge in [-0.3, -0.25) is 29.7 Å². The molecular formula is C29H30ClN7O7. The van der Waals surface area contributed by atoms with Crippen LogP contribution in [0.4, 0.5) is 21.0 Å². The second kappa shape index (κ2) is 12.6. The van der Waals surface area contributed by atoms with Crippen molar-refractivity contribution < 1.29 is 33.8 Å². The van der Waals surface area contributed by atoms with Crippen LogP contribution < -0.4 is 21.3 Å². The Morgan fingerprint density at radius 1 is 1.16 bits per heavy atom. The number of halogens is 1. The molecule has 5 amide bonds. The van der Waals surface area contributed by atoms with Gasteiger partial charge in [-0.05, 0) is 61.4 Å². The van der Waals surface area contributed by atoms with E-state index in [2.05, 4.69) is 26.4 Å². The number of hydrogen-bond donors (Lipinski definition) is 5. The number of likely N-dealkylation sites (tertiary alicyclic amines) is 1. The Labute approximate surface area is 256 Å². The Kier molecular flexibility index (Phi) is 8.71. The number of nitrogens with one attached hydrogen (secondary N) is 4. The molecule has 5 N–H and O–H groups in total. The van der Waals surface area contributed by atoms with Crippen LogP contribution in [0, 0.1) is 0 Å². The maximum atomic E-state index is 14.0. The molecule has 2 aliphatic rings. The van der Waals surface area contributed by atoms with Gasteiger partial charge in [0.05, 0.1) is 30.9 Å². The molecule has 2 aromatic carbocycles. The summed E-state index contributed by atoms with van der Waals surface area (Å²) in [5.41, 5.74) is 1.14. The smallest absolute Gasteiger partial charge is 0.412 e. The molecule has 2 atom stereocenters. The van der Waals surface area contributed by atoms with Crippen molar-refractivity contribution in [2.45, 2.75) is 37.5 Å². The quantitative estimate of drug-likeness (QED) is 0.253. The van der Waals surface area contributed by atoms with Crippen molar-refractivity contribution in [2.75, 3.05) is 23.7 Å². The molecule has 3 aromatic rings. The van der Waals surface area contributed by atoms with E-state index >= 15 is 0 Å². The maximum absolute atomic E-state index is 14.0. The summed E-state index contributed by atoms with van der Waals surface area (Å²) in [6.45, 7) is 0.459. The number of carboxylic acid groups (broad SMARTS) is 1. The second-order valence-corrected chi connectivity index (χ2v) is 11.0. The van der Waals surface area contributed by atoms with E-state index in [1.54, 1.807) is 42.2 Å². The van der Waals surface area contributed by atoms with Crippen molar-refractivity contribution in [1.29, 1.82) is 0 Å². The first kappa shape index (κ1) is 30.4. The molecule has 230 valence electrons. The predicted octanol–water partition coefficient (Wildman–Crippen LogP) is 3.05. The SMILES string of the molecule is Cn1nccc1CNC(=O)C[C@H](NC(=O)c1ccc(NC(=O)O)cc1)C(=O)N1CCC[C@@]2(C1)OC(=O)Nc1ccc(Cl)cc12. The van der Waals surface area contributed by atoms with Gasteiger partial charge in [0.25, 0.3) is 5.91 Å². The lowest BCUT2D eigenvalue weighted by atomic mass is 9.83. The number of rotatable bonds is 8. The van der Waals surface area contributed by atoms with Gasteiger partial charge in [-0.25, -0.2) is 9.59 Å². The number of benzene rings is 2. The molecule has 14 nitrogen and oxygen atoms in total. The van der Waals surface area contributed by atoms with Gasteiger partial charge in [0, 0.05) is 41.6 Å². The highest BCUT2D eigenvalue weighted by molar-refractivity contribution is 6.30. The Balaban J connectivity index is 1.37. The molecule has 0 saturated carbocycles. The lowest BCUT2D eigenvalue weighted by Crippen LogP contribution is -2.57. The van der Waals surface area contributed by atoms with Gasteiger partial charge in [-0.1, -0.05) is 11.6 Å². The highest BCUT2D eigenvalue weighted by Crippen LogP contribution is 2.43. The first-order valence-electron chi connectivity index (χ1n) is 13.8. The molecule has 0 aliphatic carbocycles. The molecule has 1 spiro atoms. The van der Waals surface area contributed by atoms with E-state index in [4.69, 9.17) is 21.4 Å². The predicted molar refractivity (Wildman–Crippen MR) is 158 cm³/mol. The number of piperidine rings is 1. The van der Waals surface area contributed by atoms with Gasteiger partial charge < -0.3 is 25.4 Å². The molecule has 1 saturated heterocycles. The van der Waals surface area contributed by atoms with Crippen LogP contribution in [0.3, 0.4) is 0 Å². The summed E-state index contributed by atoms with van der Waals surface area (Å²) < 4.78 is 7.39. The van der Waals surface area contributed by atoms with Gasteiger partial charge >= 0.3 is 12.2 Å². The van der Waals surface area contributed by atoms with E-state index in [1.807, 2.05) is 0 Å². The van der Waals surface area contributed by atoms with Gasteiger partial charge in [0.1, 0.15) is 6.04 Å². The highest BCUT2D eigenvalue weighted by atomic mass is 35.5. The minimum atomic E-state index is -1.27. The third kappa shape index (κ3) is 6.75. The normalized spacial score (nSPS) is 18.0. The Morgan fingerprint density at radius 3 is 2.64 bits per heavy atom. The van der Waals surface area contributed by atoms with Crippen molar-refractivity contribution in [1.82, 2.24) is 25.3 Å². The van der Waals surface area contributed by atoms with Crippen molar-refractivity contribution in [3.8, 4) is 0 Å². The number of amides is 5. The van der Waals surface area contributed by atoms with Crippen LogP contribution in [0.5, 0.6) is 0 Å². The van der Waals surface area contributed by atoms with E-state index in [0.29, 0.717) is 35.7 Å². The zero-order chi connectivity index (χ0) is 31.4. The lowest BCUT2D eigenvalue weighted by molar-refractivity contribution is -0.142. The van der Waals surface area contributed by atoms with Crippen LogP contribution in [-0.2, 0) is 33.5 Å². The van der Waals surface area contributed by atoms with E-state index in [9.17, 15) is 24.0 Å². The van der Waals surface area contributed by atoms with Crippen LogP contribution >= 0.6 is 11.6 Å². The number of aryl methyl sites for hydroxylation is 1. The molecule has 44 heavy (non-hydrogen) atoms. The highest BCUT2D eigenvalue weighted by Gasteiger charge is 2.47. The van der Waals surface area contributed by atoms with E-state index in [-0.39, 0.29) is 30.8 Å². The van der Waals surface area contributed by atoms with E-state index < -0.39 is 41.6 Å². The molecule has 1 aromatic heterocycles. The summed E-state index contributed by atoms with van der Waals surface area (Å²) in [6, 6.07) is 11.1. The minimum absolute atomic E-state index is 0.00877. The molecule has 5 rings (SSSR count). The summed E-state index contributed by atoms with van der Waals surface area (Å²) in [6.07, 6.45) is 0.236. The number of anilines is 2. The fourth-order valence-electron chi connectivity index (χ4n) is 5.40. The molecule has 0 unspecified atom stereocenters. The van der Waals surface area contributed by atoms with Crippen molar-refractivity contribution >= 4 is 52.9 Å². The largest absolute Gasteiger partial charge is 0.465 e. The number of aromatic nitrogens is 2. The molecule has 15 heteroatoms. The van der Waals surface area contributed by atoms with Crippen molar-refractivity contribution in [2.24, 2.45) is 7.05 Å². The number of fused-ring (bicyclic) bond motifs is 2. The summed E-state index contributed by atoms with van der Waals surface area (Å²) >= 11 is 6.27. The summed E-state index contributed by atoms with van der Waals surface area (Å²) in [4.78, 5) is 65.2. The van der Waals surface area contributed by atoms with Crippen LogP contribution in [0.2, 0.25) is 5.02 Å². The molecule has 1 fully saturated rings. The number of hydrogen-bond acceptors (Lipinski definition) is 7. The van der Waals surface area contributed by atoms with Gasteiger partial charge in [0.2, 0.25) is 11.8 Å². The third-order valence-corrected chi connectivity index (χ3v) is 7.78. The summed E-state index contributed by atoms with van der Waals surface area (Å²) in [5, 5.41) is 23.7. The lowest BCUT2D eigenvalue weighted by Gasteiger charge is -2.45. The van der Waals surface area contributed by atoms with Gasteiger partial charge in [0.15, 0.2) is 5.60 Å². The third-order valence-electron chi connectivity index (χ3n) is 7.54. The standard InChI is InChI=1S/C29H30ClN7O7/c1-36-20(9-11-32-36)15-31-24(38)14-23(34-25(39)17-3-6-19(7-4-17)33-27(41)42)26(40)37-12-2-10-29(16-37)21-13-18(30)5-8-22(21)35-28(43)44-29/h3-9,11,13,23,33H,2,10,12,14-16H2,1H3,(H,31,38)(H,34,39)(H,35,43)(H,41,42)/t23-,29-/m0/s1. The zero-order valence-corrected chi connectivity index (χ0v) is 24.4.